The Morgan fingerprint density at radius 3 is 1.78 bits per heavy atom. The van der Waals surface area contributed by atoms with Crippen LogP contribution in [0.25, 0.3) is 67.2 Å². The highest BCUT2D eigenvalue weighted by Crippen LogP contribution is 2.36. The van der Waals surface area contributed by atoms with Gasteiger partial charge in [0.05, 0.1) is 0 Å². The summed E-state index contributed by atoms with van der Waals surface area (Å²) < 4.78 is 6.14. The fraction of sp³-hybridized carbons (Fsp3) is 0. The molecule has 0 unspecified atom stereocenters. The molecule has 0 fully saturated rings. The van der Waals surface area contributed by atoms with Gasteiger partial charge in [0.25, 0.3) is 0 Å². The predicted molar refractivity (Wildman–Crippen MR) is 149 cm³/mol. The van der Waals surface area contributed by atoms with Crippen LogP contribution < -0.4 is 0 Å². The first-order valence-electron chi connectivity index (χ1n) is 12.2. The summed E-state index contributed by atoms with van der Waals surface area (Å²) in [6, 6.07) is 42.8. The van der Waals surface area contributed by atoms with Crippen molar-refractivity contribution < 1.29 is 4.42 Å². The minimum Gasteiger partial charge on any atom is -0.456 e. The van der Waals surface area contributed by atoms with E-state index >= 15 is 0 Å². The fourth-order valence-corrected chi connectivity index (χ4v) is 4.77. The number of rotatable bonds is 4. The van der Waals surface area contributed by atoms with Gasteiger partial charge in [0, 0.05) is 27.5 Å². The first kappa shape index (κ1) is 21.2. The van der Waals surface area contributed by atoms with Crippen molar-refractivity contribution in [1.29, 1.82) is 0 Å². The molecule has 37 heavy (non-hydrogen) atoms. The van der Waals surface area contributed by atoms with E-state index in [2.05, 4.69) is 36.4 Å². The topological polar surface area (TPSA) is 51.8 Å². The summed E-state index contributed by atoms with van der Waals surface area (Å²) in [5.41, 5.74) is 6.72. The molecule has 0 aliphatic rings. The molecule has 2 heterocycles. The maximum Gasteiger partial charge on any atom is 0.164 e. The largest absolute Gasteiger partial charge is 0.456 e. The molecule has 4 nitrogen and oxygen atoms in total. The van der Waals surface area contributed by atoms with Crippen molar-refractivity contribution in [3.8, 4) is 45.3 Å². The summed E-state index contributed by atoms with van der Waals surface area (Å²) in [5, 5.41) is 2.05. The molecule has 174 valence electrons. The Balaban J connectivity index is 1.47. The molecule has 0 saturated heterocycles. The second kappa shape index (κ2) is 8.85. The second-order valence-electron chi connectivity index (χ2n) is 8.90. The van der Waals surface area contributed by atoms with E-state index in [9.17, 15) is 0 Å². The molecule has 0 radical (unpaired) electrons. The number of hydrogen-bond acceptors (Lipinski definition) is 4. The Morgan fingerprint density at radius 1 is 0.405 bits per heavy atom. The van der Waals surface area contributed by atoms with Gasteiger partial charge in [0.1, 0.15) is 11.2 Å². The lowest BCUT2D eigenvalue weighted by Crippen LogP contribution is -2.00. The molecule has 4 heteroatoms. The van der Waals surface area contributed by atoms with Crippen LogP contribution in [0.5, 0.6) is 0 Å². The van der Waals surface area contributed by atoms with Crippen molar-refractivity contribution in [3.05, 3.63) is 127 Å². The van der Waals surface area contributed by atoms with Gasteiger partial charge in [-0.15, -0.1) is 0 Å². The number of furan rings is 1. The zero-order valence-corrected chi connectivity index (χ0v) is 19.9. The lowest BCUT2D eigenvalue weighted by atomic mass is 10.0. The molecular weight excluding hydrogens is 454 g/mol. The van der Waals surface area contributed by atoms with Crippen LogP contribution in [0.4, 0.5) is 0 Å². The average Bonchev–Trinajstić information content (AvgIpc) is 3.37. The van der Waals surface area contributed by atoms with Gasteiger partial charge in [-0.05, 0) is 29.3 Å². The number of benzene rings is 5. The molecule has 0 bridgehead atoms. The molecule has 5 aromatic carbocycles. The molecule has 0 aliphatic carbocycles. The van der Waals surface area contributed by atoms with Gasteiger partial charge in [0.2, 0.25) is 0 Å². The third kappa shape index (κ3) is 3.85. The maximum atomic E-state index is 6.14. The molecule has 0 atom stereocenters. The summed E-state index contributed by atoms with van der Waals surface area (Å²) in [5.74, 6) is 1.88. The predicted octanol–water partition coefficient (Wildman–Crippen LogP) is 8.44. The van der Waals surface area contributed by atoms with Gasteiger partial charge < -0.3 is 4.42 Å². The molecule has 0 saturated carbocycles. The van der Waals surface area contributed by atoms with Gasteiger partial charge >= 0.3 is 0 Å². The third-order valence-corrected chi connectivity index (χ3v) is 6.54. The molecule has 0 spiro atoms. The molecular formula is C33H21N3O. The summed E-state index contributed by atoms with van der Waals surface area (Å²) in [4.78, 5) is 14.9. The van der Waals surface area contributed by atoms with Gasteiger partial charge in [-0.25, -0.2) is 15.0 Å². The highest BCUT2D eigenvalue weighted by atomic mass is 16.3. The van der Waals surface area contributed by atoms with Crippen LogP contribution in [0.3, 0.4) is 0 Å². The van der Waals surface area contributed by atoms with Crippen molar-refractivity contribution in [2.45, 2.75) is 0 Å². The van der Waals surface area contributed by atoms with E-state index in [-0.39, 0.29) is 0 Å². The van der Waals surface area contributed by atoms with E-state index in [0.29, 0.717) is 17.5 Å². The lowest BCUT2D eigenvalue weighted by molar-refractivity contribution is 0.669. The van der Waals surface area contributed by atoms with Crippen molar-refractivity contribution in [1.82, 2.24) is 15.0 Å². The van der Waals surface area contributed by atoms with E-state index in [1.807, 2.05) is 91.0 Å². The van der Waals surface area contributed by atoms with E-state index in [4.69, 9.17) is 19.4 Å². The van der Waals surface area contributed by atoms with Gasteiger partial charge in [-0.2, -0.15) is 0 Å². The van der Waals surface area contributed by atoms with E-state index in [1.54, 1.807) is 0 Å². The first-order chi connectivity index (χ1) is 18.3. The smallest absolute Gasteiger partial charge is 0.164 e. The van der Waals surface area contributed by atoms with Crippen molar-refractivity contribution in [2.75, 3.05) is 0 Å². The Morgan fingerprint density at radius 2 is 0.973 bits per heavy atom. The highest BCUT2D eigenvalue weighted by molar-refractivity contribution is 6.11. The molecule has 0 amide bonds. The third-order valence-electron chi connectivity index (χ3n) is 6.54. The van der Waals surface area contributed by atoms with Gasteiger partial charge in [-0.1, -0.05) is 109 Å². The second-order valence-corrected chi connectivity index (χ2v) is 8.90. The number of aromatic nitrogens is 3. The van der Waals surface area contributed by atoms with Crippen LogP contribution in [0.2, 0.25) is 0 Å². The van der Waals surface area contributed by atoms with Crippen LogP contribution >= 0.6 is 0 Å². The Hall–Kier alpha value is -5.09. The summed E-state index contributed by atoms with van der Waals surface area (Å²) in [7, 11) is 0. The van der Waals surface area contributed by atoms with E-state index in [1.165, 1.54) is 0 Å². The quantitative estimate of drug-likeness (QED) is 0.256. The lowest BCUT2D eigenvalue weighted by Gasteiger charge is -2.10. The van der Waals surface area contributed by atoms with Crippen LogP contribution in [-0.2, 0) is 0 Å². The zero-order valence-electron chi connectivity index (χ0n) is 19.9. The molecule has 2 aromatic heterocycles. The van der Waals surface area contributed by atoms with Crippen LogP contribution in [0.15, 0.2) is 132 Å². The van der Waals surface area contributed by atoms with Crippen LogP contribution in [0, 0.1) is 0 Å². The molecule has 7 rings (SSSR count). The first-order valence-corrected chi connectivity index (χ1v) is 12.2. The maximum absolute atomic E-state index is 6.14. The van der Waals surface area contributed by atoms with E-state index in [0.717, 1.165) is 49.8 Å². The molecule has 0 N–H and O–H groups in total. The summed E-state index contributed by atoms with van der Waals surface area (Å²) >= 11 is 0. The monoisotopic (exact) mass is 475 g/mol. The Kier molecular flexibility index (Phi) is 5.07. The SMILES string of the molecule is c1ccc(-c2cccc(-c3nc(-c4ccccc4)nc(-c4cccc5oc6ccccc6c45)n3)c2)cc1. The number of para-hydroxylation sites is 1. The Bertz CT molecular complexity index is 1880. The summed E-state index contributed by atoms with van der Waals surface area (Å²) in [6.07, 6.45) is 0. The standard InChI is InChI=1S/C33H21N3O/c1-3-11-22(12-4-1)24-15-9-16-25(21-24)32-34-31(23-13-5-2-6-14-23)35-33(36-32)27-18-10-20-29-30(27)26-17-7-8-19-28(26)37-29/h1-21H. The normalized spacial score (nSPS) is 11.2. The van der Waals surface area contributed by atoms with Gasteiger partial charge in [-0.3, -0.25) is 0 Å². The highest BCUT2D eigenvalue weighted by Gasteiger charge is 2.17. The van der Waals surface area contributed by atoms with Crippen LogP contribution in [0.1, 0.15) is 0 Å². The number of nitrogens with zero attached hydrogens (tertiary/aromatic N) is 3. The number of hydrogen-bond donors (Lipinski definition) is 0. The van der Waals surface area contributed by atoms with Crippen molar-refractivity contribution in [2.24, 2.45) is 0 Å². The van der Waals surface area contributed by atoms with E-state index < -0.39 is 0 Å². The molecule has 0 aliphatic heterocycles. The average molecular weight is 476 g/mol. The zero-order chi connectivity index (χ0) is 24.6. The fourth-order valence-electron chi connectivity index (χ4n) is 4.77. The van der Waals surface area contributed by atoms with Crippen molar-refractivity contribution in [3.63, 3.8) is 0 Å². The minimum absolute atomic E-state index is 0.617. The minimum atomic E-state index is 0.617. The molecule has 7 aromatic rings. The number of fused-ring (bicyclic) bond motifs is 3. The van der Waals surface area contributed by atoms with Gasteiger partial charge in [0.15, 0.2) is 17.5 Å². The summed E-state index contributed by atoms with van der Waals surface area (Å²) in [6.45, 7) is 0. The van der Waals surface area contributed by atoms with Crippen molar-refractivity contribution >= 4 is 21.9 Å². The van der Waals surface area contributed by atoms with Crippen LogP contribution in [-0.4, -0.2) is 15.0 Å². The Labute approximate surface area is 213 Å².